The topological polar surface area (TPSA) is 129 Å². The second kappa shape index (κ2) is 9.58. The number of amides is 2. The third kappa shape index (κ3) is 6.51. The Morgan fingerprint density at radius 1 is 1.07 bits per heavy atom. The highest BCUT2D eigenvalue weighted by Gasteiger charge is 2.24. The number of nitrogens with one attached hydrogen (secondary N) is 2. The van der Waals surface area contributed by atoms with Crippen molar-refractivity contribution < 1.29 is 24.2 Å². The molecule has 2 rings (SSSR count). The van der Waals surface area contributed by atoms with E-state index in [9.17, 15) is 19.5 Å². The van der Waals surface area contributed by atoms with Crippen LogP contribution >= 0.6 is 0 Å². The van der Waals surface area contributed by atoms with Crippen LogP contribution in [0.1, 0.15) is 17.5 Å². The fraction of sp³-hybridized carbons (Fsp3) is 0.158. The molecule has 0 radical (unpaired) electrons. The van der Waals surface area contributed by atoms with E-state index in [1.54, 1.807) is 24.3 Å². The first-order valence-electron chi connectivity index (χ1n) is 7.98. The minimum atomic E-state index is -1.44. The van der Waals surface area contributed by atoms with Gasteiger partial charge in [0.1, 0.15) is 12.6 Å². The molecule has 27 heavy (non-hydrogen) atoms. The number of benzene rings is 2. The molecule has 2 aromatic carbocycles. The quantitative estimate of drug-likeness (QED) is 0.644. The number of aliphatic carboxylic acids is 1. The molecule has 0 bridgehead atoms. The summed E-state index contributed by atoms with van der Waals surface area (Å²) in [4.78, 5) is 35.1. The van der Waals surface area contributed by atoms with Crippen molar-refractivity contribution >= 4 is 23.7 Å². The number of urea groups is 1. The van der Waals surface area contributed by atoms with Crippen LogP contribution in [0.25, 0.3) is 0 Å². The molecule has 0 aromatic heterocycles. The molecular weight excluding hydrogens is 350 g/mol. The summed E-state index contributed by atoms with van der Waals surface area (Å²) in [5, 5.41) is 22.6. The summed E-state index contributed by atoms with van der Waals surface area (Å²) in [6.07, 6.45) is -0.511. The van der Waals surface area contributed by atoms with Crippen molar-refractivity contribution in [3.63, 3.8) is 0 Å². The third-order valence-corrected chi connectivity index (χ3v) is 3.49. The summed E-state index contributed by atoms with van der Waals surface area (Å²) in [7, 11) is 0. The van der Waals surface area contributed by atoms with Crippen molar-refractivity contribution in [2.75, 3.05) is 5.32 Å². The number of carbonyl (C=O) groups is 3. The monoisotopic (exact) mass is 367 g/mol. The standard InChI is InChI=1S/C19H17N3O5/c20-11-13-6-8-15(9-7-13)21-19(26)22-16(18(24)25)10-17(23)27-12-14-4-2-1-3-5-14/h1-9,16H,10,12H2,(H,24,25)(H2,21,22,26)/t16-/m0/s1. The highest BCUT2D eigenvalue weighted by Crippen LogP contribution is 2.09. The number of rotatable bonds is 7. The van der Waals surface area contributed by atoms with Gasteiger partial charge in [-0.3, -0.25) is 4.79 Å². The van der Waals surface area contributed by atoms with Crippen molar-refractivity contribution in [3.8, 4) is 6.07 Å². The van der Waals surface area contributed by atoms with Crippen LogP contribution in [0.3, 0.4) is 0 Å². The van der Waals surface area contributed by atoms with E-state index in [1.165, 1.54) is 24.3 Å². The Bertz CT molecular complexity index is 844. The molecule has 0 saturated carbocycles. The molecule has 2 aromatic rings. The average molecular weight is 367 g/mol. The largest absolute Gasteiger partial charge is 0.480 e. The Morgan fingerprint density at radius 3 is 2.33 bits per heavy atom. The van der Waals surface area contributed by atoms with Crippen molar-refractivity contribution in [1.29, 1.82) is 5.26 Å². The van der Waals surface area contributed by atoms with Gasteiger partial charge in [-0.2, -0.15) is 5.26 Å². The average Bonchev–Trinajstić information content (AvgIpc) is 2.67. The number of ether oxygens (including phenoxy) is 1. The molecule has 0 aliphatic carbocycles. The third-order valence-electron chi connectivity index (χ3n) is 3.49. The lowest BCUT2D eigenvalue weighted by Gasteiger charge is -2.15. The molecule has 0 fully saturated rings. The Hall–Kier alpha value is -3.86. The van der Waals surface area contributed by atoms with Crippen molar-refractivity contribution in [2.24, 2.45) is 0 Å². The molecule has 0 saturated heterocycles. The van der Waals surface area contributed by atoms with E-state index >= 15 is 0 Å². The van der Waals surface area contributed by atoms with E-state index in [0.29, 0.717) is 11.3 Å². The zero-order valence-electron chi connectivity index (χ0n) is 14.2. The van der Waals surface area contributed by atoms with Crippen molar-refractivity contribution in [2.45, 2.75) is 19.1 Å². The van der Waals surface area contributed by atoms with Gasteiger partial charge in [0.05, 0.1) is 18.1 Å². The minimum Gasteiger partial charge on any atom is -0.480 e. The zero-order valence-corrected chi connectivity index (χ0v) is 14.2. The van der Waals surface area contributed by atoms with Gasteiger partial charge in [-0.25, -0.2) is 9.59 Å². The minimum absolute atomic E-state index is 0.0173. The van der Waals surface area contributed by atoms with E-state index in [-0.39, 0.29) is 6.61 Å². The lowest BCUT2D eigenvalue weighted by molar-refractivity contribution is -0.150. The smallest absolute Gasteiger partial charge is 0.326 e. The van der Waals surface area contributed by atoms with Crippen LogP contribution in [0.5, 0.6) is 0 Å². The van der Waals surface area contributed by atoms with Gasteiger partial charge in [-0.05, 0) is 29.8 Å². The van der Waals surface area contributed by atoms with Crippen LogP contribution in [0.4, 0.5) is 10.5 Å². The first-order valence-corrected chi connectivity index (χ1v) is 7.98. The summed E-state index contributed by atoms with van der Waals surface area (Å²) in [5.41, 5.74) is 1.57. The number of esters is 1. The SMILES string of the molecule is N#Cc1ccc(NC(=O)N[C@@H](CC(=O)OCc2ccccc2)C(=O)O)cc1. The van der Waals surface area contributed by atoms with E-state index in [2.05, 4.69) is 10.6 Å². The fourth-order valence-corrected chi connectivity index (χ4v) is 2.12. The zero-order chi connectivity index (χ0) is 19.6. The van der Waals surface area contributed by atoms with Crippen LogP contribution in [-0.4, -0.2) is 29.1 Å². The first kappa shape index (κ1) is 19.5. The second-order valence-corrected chi connectivity index (χ2v) is 5.53. The van der Waals surface area contributed by atoms with E-state index in [4.69, 9.17) is 10.00 Å². The Labute approximate surface area is 155 Å². The summed E-state index contributed by atoms with van der Waals surface area (Å²) in [6, 6.07) is 14.7. The molecule has 8 nitrogen and oxygen atoms in total. The molecule has 0 spiro atoms. The van der Waals surface area contributed by atoms with Crippen LogP contribution < -0.4 is 10.6 Å². The molecule has 138 valence electrons. The van der Waals surface area contributed by atoms with Gasteiger partial charge in [0.15, 0.2) is 0 Å². The molecule has 0 unspecified atom stereocenters. The van der Waals surface area contributed by atoms with Crippen molar-refractivity contribution in [1.82, 2.24) is 5.32 Å². The van der Waals surface area contributed by atoms with Crippen LogP contribution in [0.15, 0.2) is 54.6 Å². The molecule has 8 heteroatoms. The highest BCUT2D eigenvalue weighted by atomic mass is 16.5. The Kier molecular flexibility index (Phi) is 6.91. The van der Waals surface area contributed by atoms with Gasteiger partial charge >= 0.3 is 18.0 Å². The number of anilines is 1. The van der Waals surface area contributed by atoms with Gasteiger partial charge in [-0.15, -0.1) is 0 Å². The highest BCUT2D eigenvalue weighted by molar-refractivity contribution is 5.93. The number of nitrogens with zero attached hydrogens (tertiary/aromatic N) is 1. The van der Waals surface area contributed by atoms with Gasteiger partial charge in [0, 0.05) is 5.69 Å². The number of carboxylic acid groups (broad SMARTS) is 1. The predicted octanol–water partition coefficient (Wildman–Crippen LogP) is 2.27. The lowest BCUT2D eigenvalue weighted by atomic mass is 10.2. The van der Waals surface area contributed by atoms with Gasteiger partial charge in [0.2, 0.25) is 0 Å². The molecular formula is C19H17N3O5. The summed E-state index contributed by atoms with van der Waals surface area (Å²) in [5.74, 6) is -2.11. The van der Waals surface area contributed by atoms with Crippen LogP contribution in [0, 0.1) is 11.3 Å². The Morgan fingerprint density at radius 2 is 1.74 bits per heavy atom. The molecule has 1 atom stereocenters. The van der Waals surface area contributed by atoms with Gasteiger partial charge in [-0.1, -0.05) is 30.3 Å². The molecule has 2 amide bonds. The van der Waals surface area contributed by atoms with Gasteiger partial charge < -0.3 is 20.5 Å². The summed E-state index contributed by atoms with van der Waals surface area (Å²) < 4.78 is 5.03. The van der Waals surface area contributed by atoms with Gasteiger partial charge in [0.25, 0.3) is 0 Å². The maximum absolute atomic E-state index is 11.9. The molecule has 0 aliphatic heterocycles. The van der Waals surface area contributed by atoms with Crippen LogP contribution in [-0.2, 0) is 20.9 Å². The molecule has 0 aliphatic rings. The maximum atomic E-state index is 11.9. The second-order valence-electron chi connectivity index (χ2n) is 5.53. The lowest BCUT2D eigenvalue weighted by Crippen LogP contribution is -2.44. The molecule has 0 heterocycles. The summed E-state index contributed by atoms with van der Waals surface area (Å²) >= 11 is 0. The first-order chi connectivity index (χ1) is 13.0. The van der Waals surface area contributed by atoms with Crippen molar-refractivity contribution in [3.05, 3.63) is 65.7 Å². The van der Waals surface area contributed by atoms with E-state index in [1.807, 2.05) is 12.1 Å². The van der Waals surface area contributed by atoms with E-state index < -0.39 is 30.4 Å². The van der Waals surface area contributed by atoms with Crippen LogP contribution in [0.2, 0.25) is 0 Å². The maximum Gasteiger partial charge on any atom is 0.326 e. The fourth-order valence-electron chi connectivity index (χ4n) is 2.12. The number of carbonyl (C=O) groups excluding carboxylic acids is 2. The Balaban J connectivity index is 1.86. The number of hydrogen-bond donors (Lipinski definition) is 3. The number of carboxylic acids is 1. The normalized spacial score (nSPS) is 10.9. The molecule has 3 N–H and O–H groups in total. The summed E-state index contributed by atoms with van der Waals surface area (Å²) in [6.45, 7) is 0.0173. The number of hydrogen-bond acceptors (Lipinski definition) is 5. The van der Waals surface area contributed by atoms with E-state index in [0.717, 1.165) is 5.56 Å². The predicted molar refractivity (Wildman–Crippen MR) is 95.6 cm³/mol. The number of nitriles is 1.